The van der Waals surface area contributed by atoms with Crippen molar-refractivity contribution in [3.05, 3.63) is 48.0 Å². The van der Waals surface area contributed by atoms with Crippen LogP contribution in [-0.2, 0) is 4.79 Å². The third-order valence-electron chi connectivity index (χ3n) is 4.56. The number of thioether (sulfide) groups is 1. The van der Waals surface area contributed by atoms with E-state index in [1.165, 1.54) is 0 Å². The Hall–Kier alpha value is -2.09. The van der Waals surface area contributed by atoms with Crippen molar-refractivity contribution in [1.29, 1.82) is 0 Å². The van der Waals surface area contributed by atoms with Gasteiger partial charge < -0.3 is 9.64 Å². The zero-order chi connectivity index (χ0) is 20.8. The number of ether oxygens (including phenoxy) is 1. The lowest BCUT2D eigenvalue weighted by Gasteiger charge is -2.22. The molecule has 0 saturated heterocycles. The van der Waals surface area contributed by atoms with Crippen molar-refractivity contribution in [1.82, 2.24) is 9.88 Å². The van der Waals surface area contributed by atoms with Gasteiger partial charge in [-0.15, -0.1) is 11.8 Å². The normalized spacial score (nSPS) is 11.2. The minimum absolute atomic E-state index is 0.115. The first kappa shape index (κ1) is 21.6. The van der Waals surface area contributed by atoms with E-state index in [-0.39, 0.29) is 5.91 Å². The molecule has 0 bridgehead atoms. The molecule has 0 saturated carbocycles. The molecule has 0 spiro atoms. The van der Waals surface area contributed by atoms with Crippen molar-refractivity contribution in [2.75, 3.05) is 44.9 Å². The summed E-state index contributed by atoms with van der Waals surface area (Å²) in [6, 6.07) is 14.1. The Morgan fingerprint density at radius 3 is 2.55 bits per heavy atom. The number of aromatic nitrogens is 1. The highest BCUT2D eigenvalue weighted by Crippen LogP contribution is 2.31. The summed E-state index contributed by atoms with van der Waals surface area (Å²) in [5.74, 6) is 1.68. The molecule has 154 valence electrons. The van der Waals surface area contributed by atoms with Crippen LogP contribution in [0.4, 0.5) is 5.13 Å². The van der Waals surface area contributed by atoms with Gasteiger partial charge in [0.15, 0.2) is 5.13 Å². The Bertz CT molecular complexity index is 954. The van der Waals surface area contributed by atoms with E-state index in [9.17, 15) is 4.79 Å². The van der Waals surface area contributed by atoms with Crippen molar-refractivity contribution >= 4 is 44.4 Å². The highest BCUT2D eigenvalue weighted by Gasteiger charge is 2.20. The molecule has 0 fully saturated rings. The average Bonchev–Trinajstić information content (AvgIpc) is 3.14. The van der Waals surface area contributed by atoms with E-state index < -0.39 is 0 Å². The number of nitrogens with zero attached hydrogens (tertiary/aromatic N) is 3. The number of thiazole rings is 1. The third kappa shape index (κ3) is 5.72. The van der Waals surface area contributed by atoms with Crippen molar-refractivity contribution in [3.8, 4) is 5.75 Å². The SMILES string of the molecule is COc1ccc(SCCC(=O)N(CCN(C)C)c2nc3c(C)cccc3s2)cc1. The highest BCUT2D eigenvalue weighted by atomic mass is 32.2. The minimum atomic E-state index is 0.115. The van der Waals surface area contributed by atoms with Crippen LogP contribution < -0.4 is 9.64 Å². The van der Waals surface area contributed by atoms with Crippen LogP contribution in [0.15, 0.2) is 47.4 Å². The molecular formula is C22H27N3O2S2. The van der Waals surface area contributed by atoms with Crippen molar-refractivity contribution in [2.24, 2.45) is 0 Å². The third-order valence-corrected chi connectivity index (χ3v) is 6.61. The molecule has 0 aliphatic carbocycles. The van der Waals surface area contributed by atoms with E-state index in [1.54, 1.807) is 30.2 Å². The zero-order valence-corrected chi connectivity index (χ0v) is 19.0. The van der Waals surface area contributed by atoms with Gasteiger partial charge in [-0.1, -0.05) is 23.5 Å². The number of methoxy groups -OCH3 is 1. The predicted molar refractivity (Wildman–Crippen MR) is 124 cm³/mol. The smallest absolute Gasteiger partial charge is 0.229 e. The molecule has 1 heterocycles. The van der Waals surface area contributed by atoms with Gasteiger partial charge in [0.25, 0.3) is 0 Å². The molecular weight excluding hydrogens is 402 g/mol. The number of hydrogen-bond donors (Lipinski definition) is 0. The Morgan fingerprint density at radius 1 is 1.14 bits per heavy atom. The van der Waals surface area contributed by atoms with Crippen LogP contribution in [0.2, 0.25) is 0 Å². The molecule has 0 aliphatic rings. The van der Waals surface area contributed by atoms with Gasteiger partial charge in [-0.25, -0.2) is 4.98 Å². The molecule has 1 aromatic heterocycles. The van der Waals surface area contributed by atoms with E-state index in [4.69, 9.17) is 9.72 Å². The summed E-state index contributed by atoms with van der Waals surface area (Å²) in [4.78, 5) is 22.9. The number of fused-ring (bicyclic) bond motifs is 1. The molecule has 1 amide bonds. The number of benzene rings is 2. The number of amides is 1. The van der Waals surface area contributed by atoms with Crippen molar-refractivity contribution in [3.63, 3.8) is 0 Å². The summed E-state index contributed by atoms with van der Waals surface area (Å²) >= 11 is 3.27. The number of likely N-dealkylation sites (N-methyl/N-ethyl adjacent to an activating group) is 1. The maximum Gasteiger partial charge on any atom is 0.229 e. The van der Waals surface area contributed by atoms with Gasteiger partial charge >= 0.3 is 0 Å². The van der Waals surface area contributed by atoms with Crippen LogP contribution in [0, 0.1) is 6.92 Å². The summed E-state index contributed by atoms with van der Waals surface area (Å²) in [6.45, 7) is 3.49. The number of aryl methyl sites for hydroxylation is 1. The second kappa shape index (κ2) is 10.1. The lowest BCUT2D eigenvalue weighted by molar-refractivity contribution is -0.118. The van der Waals surface area contributed by atoms with Crippen molar-refractivity contribution < 1.29 is 9.53 Å². The Morgan fingerprint density at radius 2 is 1.90 bits per heavy atom. The van der Waals surface area contributed by atoms with Crippen LogP contribution >= 0.6 is 23.1 Å². The molecule has 7 heteroatoms. The molecule has 3 aromatic rings. The molecule has 5 nitrogen and oxygen atoms in total. The summed E-state index contributed by atoms with van der Waals surface area (Å²) in [5, 5.41) is 0.788. The highest BCUT2D eigenvalue weighted by molar-refractivity contribution is 7.99. The first-order valence-electron chi connectivity index (χ1n) is 9.56. The van der Waals surface area contributed by atoms with Gasteiger partial charge in [-0.05, 0) is 56.9 Å². The summed E-state index contributed by atoms with van der Waals surface area (Å²) in [7, 11) is 5.70. The van der Waals surface area contributed by atoms with Crippen LogP contribution in [0.5, 0.6) is 5.75 Å². The Kier molecular flexibility index (Phi) is 7.52. The van der Waals surface area contributed by atoms with E-state index >= 15 is 0 Å². The fourth-order valence-electron chi connectivity index (χ4n) is 2.88. The standard InChI is InChI=1S/C22H27N3O2S2/c1-16-6-5-7-19-21(16)23-22(29-19)25(14-13-24(2)3)20(26)12-15-28-18-10-8-17(27-4)9-11-18/h5-11H,12-15H2,1-4H3. The van der Waals surface area contributed by atoms with Gasteiger partial charge in [0.05, 0.1) is 17.3 Å². The van der Waals surface area contributed by atoms with E-state index in [1.807, 2.05) is 49.3 Å². The number of anilines is 1. The van der Waals surface area contributed by atoms with Crippen LogP contribution in [0.25, 0.3) is 10.2 Å². The van der Waals surface area contributed by atoms with Gasteiger partial charge in [0.1, 0.15) is 5.75 Å². The zero-order valence-electron chi connectivity index (χ0n) is 17.3. The van der Waals surface area contributed by atoms with Crippen LogP contribution in [-0.4, -0.2) is 55.8 Å². The second-order valence-corrected chi connectivity index (χ2v) is 9.22. The van der Waals surface area contributed by atoms with Crippen LogP contribution in [0.3, 0.4) is 0 Å². The molecule has 2 aromatic carbocycles. The minimum Gasteiger partial charge on any atom is -0.497 e. The maximum absolute atomic E-state index is 13.0. The van der Waals surface area contributed by atoms with Crippen LogP contribution in [0.1, 0.15) is 12.0 Å². The molecule has 0 unspecified atom stereocenters. The number of rotatable bonds is 9. The molecule has 3 rings (SSSR count). The summed E-state index contributed by atoms with van der Waals surface area (Å²) < 4.78 is 6.31. The van der Waals surface area contributed by atoms with E-state index in [0.717, 1.165) is 43.9 Å². The second-order valence-electron chi connectivity index (χ2n) is 7.04. The fourth-order valence-corrected chi connectivity index (χ4v) is 4.81. The van der Waals surface area contributed by atoms with E-state index in [0.29, 0.717) is 13.0 Å². The predicted octanol–water partition coefficient (Wildman–Crippen LogP) is 4.69. The number of carbonyl (C=O) groups excluding carboxylic acids is 1. The summed E-state index contributed by atoms with van der Waals surface area (Å²) in [5.41, 5.74) is 2.13. The van der Waals surface area contributed by atoms with Gasteiger partial charge in [0.2, 0.25) is 5.91 Å². The number of carbonyl (C=O) groups is 1. The Labute approximate surface area is 180 Å². The monoisotopic (exact) mass is 429 g/mol. The van der Waals surface area contributed by atoms with E-state index in [2.05, 4.69) is 24.0 Å². The van der Waals surface area contributed by atoms with Gasteiger partial charge in [-0.3, -0.25) is 9.69 Å². The largest absolute Gasteiger partial charge is 0.497 e. The maximum atomic E-state index is 13.0. The number of para-hydroxylation sites is 1. The van der Waals surface area contributed by atoms with Gasteiger partial charge in [0, 0.05) is 30.2 Å². The molecule has 0 atom stereocenters. The molecule has 29 heavy (non-hydrogen) atoms. The fraction of sp³-hybridized carbons (Fsp3) is 0.364. The van der Waals surface area contributed by atoms with Gasteiger partial charge in [-0.2, -0.15) is 0 Å². The topological polar surface area (TPSA) is 45.7 Å². The molecule has 0 aliphatic heterocycles. The first-order chi connectivity index (χ1) is 14.0. The quantitative estimate of drug-likeness (QED) is 0.462. The lowest BCUT2D eigenvalue weighted by Crippen LogP contribution is -2.36. The number of hydrogen-bond acceptors (Lipinski definition) is 6. The average molecular weight is 430 g/mol. The lowest BCUT2D eigenvalue weighted by atomic mass is 10.2. The molecule has 0 N–H and O–H groups in total. The Balaban J connectivity index is 1.69. The first-order valence-corrected chi connectivity index (χ1v) is 11.4. The molecule has 0 radical (unpaired) electrons. The van der Waals surface area contributed by atoms with Crippen molar-refractivity contribution in [2.45, 2.75) is 18.2 Å². The summed E-state index contributed by atoms with van der Waals surface area (Å²) in [6.07, 6.45) is 0.471.